The Balaban J connectivity index is 2.08. The molecule has 112 valence electrons. The molecule has 1 heterocycles. The Labute approximate surface area is 126 Å². The smallest absolute Gasteiger partial charge is 0.127 e. The van der Waals surface area contributed by atoms with E-state index in [1.165, 1.54) is 0 Å². The fourth-order valence-electron chi connectivity index (χ4n) is 2.21. The van der Waals surface area contributed by atoms with Crippen LogP contribution < -0.4 is 14.8 Å². The molecule has 2 aromatic rings. The Morgan fingerprint density at radius 1 is 1.14 bits per heavy atom. The van der Waals surface area contributed by atoms with E-state index in [0.29, 0.717) is 6.61 Å². The summed E-state index contributed by atoms with van der Waals surface area (Å²) in [4.78, 5) is 4.30. The topological polar surface area (TPSA) is 43.4 Å². The summed E-state index contributed by atoms with van der Waals surface area (Å²) >= 11 is 0. The largest absolute Gasteiger partial charge is 0.496 e. The molecule has 0 saturated heterocycles. The minimum Gasteiger partial charge on any atom is -0.496 e. The number of ether oxygens (including phenoxy) is 2. The summed E-state index contributed by atoms with van der Waals surface area (Å²) in [6.45, 7) is 2.68. The van der Waals surface area contributed by atoms with Gasteiger partial charge in [-0.1, -0.05) is 12.1 Å². The van der Waals surface area contributed by atoms with Gasteiger partial charge in [0.05, 0.1) is 19.3 Å². The average molecular weight is 286 g/mol. The summed E-state index contributed by atoms with van der Waals surface area (Å²) in [7, 11) is 3.60. The lowest BCUT2D eigenvalue weighted by Crippen LogP contribution is -2.15. The maximum Gasteiger partial charge on any atom is 0.127 e. The molecule has 4 nitrogen and oxygen atoms in total. The van der Waals surface area contributed by atoms with Crippen molar-refractivity contribution in [3.8, 4) is 11.5 Å². The van der Waals surface area contributed by atoms with Gasteiger partial charge in [-0.05, 0) is 38.2 Å². The molecule has 1 aromatic heterocycles. The number of hydrogen-bond acceptors (Lipinski definition) is 4. The zero-order chi connectivity index (χ0) is 15.1. The van der Waals surface area contributed by atoms with Crippen molar-refractivity contribution in [3.05, 3.63) is 53.9 Å². The summed E-state index contributed by atoms with van der Waals surface area (Å²) < 4.78 is 11.4. The van der Waals surface area contributed by atoms with Crippen molar-refractivity contribution in [1.82, 2.24) is 10.3 Å². The summed E-state index contributed by atoms with van der Waals surface area (Å²) in [5, 5.41) is 3.23. The van der Waals surface area contributed by atoms with Crippen LogP contribution in [0.1, 0.15) is 24.2 Å². The quantitative estimate of drug-likeness (QED) is 0.849. The van der Waals surface area contributed by atoms with Gasteiger partial charge in [0.2, 0.25) is 0 Å². The van der Waals surface area contributed by atoms with Gasteiger partial charge >= 0.3 is 0 Å². The molecular weight excluding hydrogens is 264 g/mol. The van der Waals surface area contributed by atoms with Gasteiger partial charge in [-0.15, -0.1) is 0 Å². The van der Waals surface area contributed by atoms with Crippen molar-refractivity contribution in [2.75, 3.05) is 20.8 Å². The maximum absolute atomic E-state index is 5.95. The van der Waals surface area contributed by atoms with Crippen molar-refractivity contribution >= 4 is 0 Å². The van der Waals surface area contributed by atoms with E-state index in [2.05, 4.69) is 17.2 Å². The van der Waals surface area contributed by atoms with Crippen LogP contribution in [0.4, 0.5) is 0 Å². The minimum absolute atomic E-state index is 0.158. The van der Waals surface area contributed by atoms with Crippen LogP contribution in [0.5, 0.6) is 11.5 Å². The third-order valence-corrected chi connectivity index (χ3v) is 3.45. The van der Waals surface area contributed by atoms with E-state index >= 15 is 0 Å². The normalized spacial score (nSPS) is 12.0. The highest BCUT2D eigenvalue weighted by molar-refractivity contribution is 5.46. The third-order valence-electron chi connectivity index (χ3n) is 3.45. The lowest BCUT2D eigenvalue weighted by molar-refractivity contribution is 0.309. The number of pyridine rings is 1. The monoisotopic (exact) mass is 286 g/mol. The summed E-state index contributed by atoms with van der Waals surface area (Å²) in [6.07, 6.45) is 2.58. The minimum atomic E-state index is 0.158. The molecule has 2 rings (SSSR count). The number of methoxy groups -OCH3 is 1. The second-order valence-corrected chi connectivity index (χ2v) is 4.80. The molecule has 4 heteroatoms. The molecule has 0 amide bonds. The van der Waals surface area contributed by atoms with E-state index < -0.39 is 0 Å². The lowest BCUT2D eigenvalue weighted by atomic mass is 10.1. The van der Waals surface area contributed by atoms with E-state index in [4.69, 9.17) is 9.47 Å². The van der Waals surface area contributed by atoms with E-state index in [9.17, 15) is 0 Å². The van der Waals surface area contributed by atoms with Crippen LogP contribution in [0.2, 0.25) is 0 Å². The van der Waals surface area contributed by atoms with Crippen LogP contribution in [0.25, 0.3) is 0 Å². The lowest BCUT2D eigenvalue weighted by Gasteiger charge is -2.19. The van der Waals surface area contributed by atoms with Gasteiger partial charge in [-0.2, -0.15) is 0 Å². The highest BCUT2D eigenvalue weighted by atomic mass is 16.5. The SMILES string of the molecule is CNC(C)c1c(OC)cccc1OCCc1ccccn1. The standard InChI is InChI=1S/C17H22N2O2/c1-13(18-2)17-15(20-3)8-6-9-16(17)21-12-10-14-7-4-5-11-19-14/h4-9,11,13,18H,10,12H2,1-3H3. The number of aromatic nitrogens is 1. The Morgan fingerprint density at radius 2 is 1.95 bits per heavy atom. The summed E-state index contributed by atoms with van der Waals surface area (Å²) in [5.74, 6) is 1.69. The Hall–Kier alpha value is -2.07. The number of rotatable bonds is 7. The van der Waals surface area contributed by atoms with Gasteiger partial charge in [-0.25, -0.2) is 0 Å². The van der Waals surface area contributed by atoms with Gasteiger partial charge in [0.15, 0.2) is 0 Å². The summed E-state index contributed by atoms with van der Waals surface area (Å²) in [6, 6.07) is 11.9. The van der Waals surface area contributed by atoms with Gasteiger partial charge in [0.25, 0.3) is 0 Å². The van der Waals surface area contributed by atoms with Crippen LogP contribution >= 0.6 is 0 Å². The molecule has 0 fully saturated rings. The fourth-order valence-corrected chi connectivity index (χ4v) is 2.21. The summed E-state index contributed by atoms with van der Waals surface area (Å²) in [5.41, 5.74) is 2.08. The maximum atomic E-state index is 5.95. The van der Waals surface area contributed by atoms with Gasteiger partial charge in [-0.3, -0.25) is 4.98 Å². The molecule has 1 N–H and O–H groups in total. The van der Waals surface area contributed by atoms with E-state index in [1.54, 1.807) is 13.3 Å². The van der Waals surface area contributed by atoms with Gasteiger partial charge < -0.3 is 14.8 Å². The fraction of sp³-hybridized carbons (Fsp3) is 0.353. The molecule has 0 aliphatic carbocycles. The average Bonchev–Trinajstić information content (AvgIpc) is 2.54. The van der Waals surface area contributed by atoms with Crippen LogP contribution in [0, 0.1) is 0 Å². The number of benzene rings is 1. The van der Waals surface area contributed by atoms with Gasteiger partial charge in [0, 0.05) is 24.4 Å². The van der Waals surface area contributed by atoms with Crippen molar-refractivity contribution < 1.29 is 9.47 Å². The van der Waals surface area contributed by atoms with Crippen molar-refractivity contribution in [2.24, 2.45) is 0 Å². The second-order valence-electron chi connectivity index (χ2n) is 4.80. The van der Waals surface area contributed by atoms with E-state index in [0.717, 1.165) is 29.2 Å². The predicted molar refractivity (Wildman–Crippen MR) is 83.9 cm³/mol. The first-order chi connectivity index (χ1) is 10.3. The third kappa shape index (κ3) is 3.95. The highest BCUT2D eigenvalue weighted by Crippen LogP contribution is 2.33. The molecule has 21 heavy (non-hydrogen) atoms. The van der Waals surface area contributed by atoms with Crippen LogP contribution in [-0.2, 0) is 6.42 Å². The predicted octanol–water partition coefficient (Wildman–Crippen LogP) is 2.99. The number of nitrogens with one attached hydrogen (secondary N) is 1. The zero-order valence-corrected chi connectivity index (χ0v) is 12.8. The highest BCUT2D eigenvalue weighted by Gasteiger charge is 2.15. The molecule has 1 aromatic carbocycles. The Bertz CT molecular complexity index is 558. The second kappa shape index (κ2) is 7.64. The number of nitrogens with zero attached hydrogens (tertiary/aromatic N) is 1. The van der Waals surface area contributed by atoms with Gasteiger partial charge in [0.1, 0.15) is 11.5 Å². The van der Waals surface area contributed by atoms with E-state index in [1.807, 2.05) is 43.4 Å². The molecule has 0 saturated carbocycles. The van der Waals surface area contributed by atoms with Crippen LogP contribution in [-0.4, -0.2) is 25.7 Å². The van der Waals surface area contributed by atoms with Crippen molar-refractivity contribution in [2.45, 2.75) is 19.4 Å². The van der Waals surface area contributed by atoms with E-state index in [-0.39, 0.29) is 6.04 Å². The molecule has 0 radical (unpaired) electrons. The molecule has 0 spiro atoms. The zero-order valence-electron chi connectivity index (χ0n) is 12.8. The first-order valence-corrected chi connectivity index (χ1v) is 7.13. The molecule has 1 unspecified atom stereocenters. The molecule has 0 bridgehead atoms. The van der Waals surface area contributed by atoms with Crippen LogP contribution in [0.15, 0.2) is 42.6 Å². The van der Waals surface area contributed by atoms with Crippen molar-refractivity contribution in [3.63, 3.8) is 0 Å². The molecule has 1 atom stereocenters. The van der Waals surface area contributed by atoms with Crippen LogP contribution in [0.3, 0.4) is 0 Å². The number of hydrogen-bond donors (Lipinski definition) is 1. The first kappa shape index (κ1) is 15.3. The Kier molecular flexibility index (Phi) is 5.58. The van der Waals surface area contributed by atoms with Crippen molar-refractivity contribution in [1.29, 1.82) is 0 Å². The first-order valence-electron chi connectivity index (χ1n) is 7.13. The Morgan fingerprint density at radius 3 is 2.62 bits per heavy atom. The molecular formula is C17H22N2O2. The molecule has 0 aliphatic heterocycles. The molecule has 0 aliphatic rings.